The van der Waals surface area contributed by atoms with E-state index < -0.39 is 11.7 Å². The van der Waals surface area contributed by atoms with E-state index in [0.29, 0.717) is 43.6 Å². The zero-order valence-electron chi connectivity index (χ0n) is 17.2. The molecule has 2 aromatic carbocycles. The Morgan fingerprint density at radius 1 is 1.17 bits per heavy atom. The molecular formula is C22H26ClFN2O4. The normalized spacial score (nSPS) is 13.8. The van der Waals surface area contributed by atoms with Gasteiger partial charge in [-0.3, -0.25) is 4.79 Å². The van der Waals surface area contributed by atoms with Crippen molar-refractivity contribution < 1.29 is 23.4 Å². The highest BCUT2D eigenvalue weighted by molar-refractivity contribution is 6.31. The lowest BCUT2D eigenvalue weighted by molar-refractivity contribution is -0.115. The van der Waals surface area contributed by atoms with Crippen LogP contribution in [0.15, 0.2) is 30.3 Å². The highest BCUT2D eigenvalue weighted by Crippen LogP contribution is 2.39. The topological polar surface area (TPSA) is 60.0 Å². The van der Waals surface area contributed by atoms with Crippen molar-refractivity contribution in [3.05, 3.63) is 46.7 Å². The molecule has 1 aliphatic rings. The first kappa shape index (κ1) is 22.2. The van der Waals surface area contributed by atoms with Gasteiger partial charge in [0.05, 0.1) is 44.2 Å². The highest BCUT2D eigenvalue weighted by Gasteiger charge is 2.21. The van der Waals surface area contributed by atoms with Crippen LogP contribution in [0.3, 0.4) is 0 Å². The molecule has 1 heterocycles. The summed E-state index contributed by atoms with van der Waals surface area (Å²) in [4.78, 5) is 14.8. The first-order chi connectivity index (χ1) is 14.5. The second-order valence-corrected chi connectivity index (χ2v) is 7.11. The Morgan fingerprint density at radius 3 is 2.53 bits per heavy atom. The van der Waals surface area contributed by atoms with E-state index in [9.17, 15) is 9.18 Å². The number of hydrogen-bond acceptors (Lipinski definition) is 5. The SMILES string of the molecule is CCOc1cc(N2CCOCC2)c(OCC)cc1NC(=O)Cc1c(F)cccc1Cl. The van der Waals surface area contributed by atoms with E-state index in [1.807, 2.05) is 19.9 Å². The summed E-state index contributed by atoms with van der Waals surface area (Å²) >= 11 is 6.05. The van der Waals surface area contributed by atoms with Crippen LogP contribution in [0, 0.1) is 5.82 Å². The average Bonchev–Trinajstić information content (AvgIpc) is 2.73. The van der Waals surface area contributed by atoms with Crippen LogP contribution in [0.25, 0.3) is 0 Å². The first-order valence-electron chi connectivity index (χ1n) is 10.0. The van der Waals surface area contributed by atoms with Crippen LogP contribution in [0.2, 0.25) is 5.02 Å². The van der Waals surface area contributed by atoms with E-state index >= 15 is 0 Å². The van der Waals surface area contributed by atoms with Gasteiger partial charge in [0.1, 0.15) is 17.3 Å². The largest absolute Gasteiger partial charge is 0.492 e. The van der Waals surface area contributed by atoms with Gasteiger partial charge in [0, 0.05) is 35.8 Å². The molecule has 0 saturated carbocycles. The molecule has 6 nitrogen and oxygen atoms in total. The molecule has 1 saturated heterocycles. The van der Waals surface area contributed by atoms with E-state index in [0.717, 1.165) is 18.8 Å². The minimum absolute atomic E-state index is 0.157. The number of ether oxygens (including phenoxy) is 3. The standard InChI is InChI=1S/C22H26ClFN2O4/c1-3-29-20-14-19(26-8-10-28-11-9-26)21(30-4-2)13-18(20)25-22(27)12-15-16(23)6-5-7-17(15)24/h5-7,13-14H,3-4,8-12H2,1-2H3,(H,25,27). The number of carbonyl (C=O) groups is 1. The van der Waals surface area contributed by atoms with Gasteiger partial charge in [-0.15, -0.1) is 0 Å². The fourth-order valence-electron chi connectivity index (χ4n) is 3.30. The van der Waals surface area contributed by atoms with E-state index in [4.69, 9.17) is 25.8 Å². The summed E-state index contributed by atoms with van der Waals surface area (Å²) in [5, 5.41) is 3.03. The van der Waals surface area contributed by atoms with Gasteiger partial charge in [0.25, 0.3) is 0 Å². The summed E-state index contributed by atoms with van der Waals surface area (Å²) < 4.78 is 31.1. The number of nitrogens with one attached hydrogen (secondary N) is 1. The number of hydrogen-bond donors (Lipinski definition) is 1. The number of morpholine rings is 1. The average molecular weight is 437 g/mol. The fourth-order valence-corrected chi connectivity index (χ4v) is 3.53. The Hall–Kier alpha value is -2.51. The zero-order chi connectivity index (χ0) is 21.5. The molecule has 1 N–H and O–H groups in total. The van der Waals surface area contributed by atoms with Gasteiger partial charge in [-0.1, -0.05) is 17.7 Å². The van der Waals surface area contributed by atoms with Crippen molar-refractivity contribution >= 4 is 28.9 Å². The maximum atomic E-state index is 14.0. The molecule has 30 heavy (non-hydrogen) atoms. The molecule has 3 rings (SSSR count). The highest BCUT2D eigenvalue weighted by atomic mass is 35.5. The lowest BCUT2D eigenvalue weighted by Crippen LogP contribution is -2.36. The van der Waals surface area contributed by atoms with Crippen LogP contribution >= 0.6 is 11.6 Å². The Bertz CT molecular complexity index is 867. The lowest BCUT2D eigenvalue weighted by atomic mass is 10.1. The van der Waals surface area contributed by atoms with Crippen molar-refractivity contribution in [3.63, 3.8) is 0 Å². The molecule has 8 heteroatoms. The van der Waals surface area contributed by atoms with Gasteiger partial charge in [-0.05, 0) is 26.0 Å². The third-order valence-corrected chi connectivity index (χ3v) is 5.04. The molecule has 1 fully saturated rings. The van der Waals surface area contributed by atoms with Crippen LogP contribution < -0.4 is 19.7 Å². The van der Waals surface area contributed by atoms with Crippen LogP contribution in [-0.2, 0) is 16.0 Å². The smallest absolute Gasteiger partial charge is 0.229 e. The van der Waals surface area contributed by atoms with Crippen LogP contribution in [0.1, 0.15) is 19.4 Å². The third-order valence-electron chi connectivity index (χ3n) is 4.69. The molecule has 0 spiro atoms. The summed E-state index contributed by atoms with van der Waals surface area (Å²) in [5.74, 6) is 0.252. The molecule has 162 valence electrons. The summed E-state index contributed by atoms with van der Waals surface area (Å²) in [5.41, 5.74) is 1.51. The van der Waals surface area contributed by atoms with E-state index in [-0.39, 0.29) is 17.0 Å². The zero-order valence-corrected chi connectivity index (χ0v) is 17.9. The Balaban J connectivity index is 1.88. The number of carbonyl (C=O) groups excluding carboxylic acids is 1. The van der Waals surface area contributed by atoms with Gasteiger partial charge in [-0.2, -0.15) is 0 Å². The molecule has 0 aliphatic carbocycles. The lowest BCUT2D eigenvalue weighted by Gasteiger charge is -2.31. The number of amides is 1. The number of benzene rings is 2. The van der Waals surface area contributed by atoms with Gasteiger partial charge < -0.3 is 24.4 Å². The molecule has 1 amide bonds. The fraction of sp³-hybridized carbons (Fsp3) is 0.409. The first-order valence-corrected chi connectivity index (χ1v) is 10.4. The van der Waals surface area contributed by atoms with E-state index in [1.54, 1.807) is 12.1 Å². The number of anilines is 2. The maximum Gasteiger partial charge on any atom is 0.229 e. The van der Waals surface area contributed by atoms with Crippen molar-refractivity contribution in [2.75, 3.05) is 49.7 Å². The Kier molecular flexibility index (Phi) is 7.76. The molecule has 0 bridgehead atoms. The number of rotatable bonds is 8. The van der Waals surface area contributed by atoms with Gasteiger partial charge in [-0.25, -0.2) is 4.39 Å². The molecule has 2 aromatic rings. The Morgan fingerprint density at radius 2 is 1.87 bits per heavy atom. The van der Waals surface area contributed by atoms with Crippen LogP contribution in [0.4, 0.5) is 15.8 Å². The summed E-state index contributed by atoms with van der Waals surface area (Å²) in [7, 11) is 0. The predicted molar refractivity (Wildman–Crippen MR) is 116 cm³/mol. The summed E-state index contributed by atoms with van der Waals surface area (Å²) in [6, 6.07) is 7.96. The molecule has 0 aromatic heterocycles. The molecular weight excluding hydrogens is 411 g/mol. The molecule has 0 atom stereocenters. The monoisotopic (exact) mass is 436 g/mol. The minimum atomic E-state index is -0.514. The molecule has 0 unspecified atom stereocenters. The van der Waals surface area contributed by atoms with Crippen molar-refractivity contribution in [2.45, 2.75) is 20.3 Å². The molecule has 1 aliphatic heterocycles. The summed E-state index contributed by atoms with van der Waals surface area (Å²) in [6.45, 7) is 7.43. The van der Waals surface area contributed by atoms with Gasteiger partial charge in [0.15, 0.2) is 0 Å². The van der Waals surface area contributed by atoms with Gasteiger partial charge in [0.2, 0.25) is 5.91 Å². The van der Waals surface area contributed by atoms with Crippen molar-refractivity contribution in [3.8, 4) is 11.5 Å². The van der Waals surface area contributed by atoms with Crippen LogP contribution in [0.5, 0.6) is 11.5 Å². The van der Waals surface area contributed by atoms with Crippen LogP contribution in [-0.4, -0.2) is 45.4 Å². The van der Waals surface area contributed by atoms with Crippen molar-refractivity contribution in [1.82, 2.24) is 0 Å². The van der Waals surface area contributed by atoms with Crippen molar-refractivity contribution in [2.24, 2.45) is 0 Å². The minimum Gasteiger partial charge on any atom is -0.492 e. The van der Waals surface area contributed by atoms with E-state index in [1.165, 1.54) is 12.1 Å². The van der Waals surface area contributed by atoms with Gasteiger partial charge >= 0.3 is 0 Å². The van der Waals surface area contributed by atoms with Crippen molar-refractivity contribution in [1.29, 1.82) is 0 Å². The maximum absolute atomic E-state index is 14.0. The Labute approximate surface area is 180 Å². The molecule has 0 radical (unpaired) electrons. The second-order valence-electron chi connectivity index (χ2n) is 6.71. The number of halogens is 2. The third kappa shape index (κ3) is 5.34. The summed E-state index contributed by atoms with van der Waals surface area (Å²) in [6.07, 6.45) is -0.188. The van der Waals surface area contributed by atoms with E-state index in [2.05, 4.69) is 10.2 Å². The second kappa shape index (κ2) is 10.5. The quantitative estimate of drug-likeness (QED) is 0.668. The predicted octanol–water partition coefficient (Wildman–Crippen LogP) is 4.29. The number of nitrogens with zero attached hydrogens (tertiary/aromatic N) is 1.